The van der Waals surface area contributed by atoms with Gasteiger partial charge in [-0.3, -0.25) is 4.79 Å². The van der Waals surface area contributed by atoms with Gasteiger partial charge in [0.05, 0.1) is 6.04 Å². The van der Waals surface area contributed by atoms with Crippen molar-refractivity contribution in [3.05, 3.63) is 18.4 Å². The third-order valence-corrected chi connectivity index (χ3v) is 3.07. The Morgan fingerprint density at radius 2 is 2.44 bits per heavy atom. The molecule has 1 aliphatic heterocycles. The van der Waals surface area contributed by atoms with Gasteiger partial charge in [-0.15, -0.1) is 5.73 Å². The molecule has 16 heavy (non-hydrogen) atoms. The highest BCUT2D eigenvalue weighted by Crippen LogP contribution is 2.06. The highest BCUT2D eigenvalue weighted by Gasteiger charge is 2.23. The van der Waals surface area contributed by atoms with Gasteiger partial charge in [0.25, 0.3) is 0 Å². The van der Waals surface area contributed by atoms with Crippen LogP contribution in [0.15, 0.2) is 18.4 Å². The van der Waals surface area contributed by atoms with Crippen LogP contribution in [0.3, 0.4) is 0 Å². The van der Waals surface area contributed by atoms with Crippen LogP contribution in [0, 0.1) is 0 Å². The van der Waals surface area contributed by atoms with Gasteiger partial charge in [-0.25, -0.2) is 0 Å². The molecule has 1 fully saturated rings. The number of Topliss-reactive ketones (excluding diaryl/α,β-unsaturated/α-hetero) is 1. The summed E-state index contributed by atoms with van der Waals surface area (Å²) in [6.07, 6.45) is 4.59. The molecule has 1 heterocycles. The van der Waals surface area contributed by atoms with E-state index in [0.29, 0.717) is 12.2 Å². The molecule has 0 aliphatic carbocycles. The lowest BCUT2D eigenvalue weighted by atomic mass is 10.1. The maximum Gasteiger partial charge on any atom is 0.151 e. The summed E-state index contributed by atoms with van der Waals surface area (Å²) in [6, 6.07) is 0.101. The minimum Gasteiger partial charge on any atom is -0.307 e. The van der Waals surface area contributed by atoms with Crippen molar-refractivity contribution in [2.24, 2.45) is 0 Å². The lowest BCUT2D eigenvalue weighted by Crippen LogP contribution is -2.34. The third-order valence-electron chi connectivity index (χ3n) is 3.07. The predicted molar refractivity (Wildman–Crippen MR) is 66.5 cm³/mol. The lowest BCUT2D eigenvalue weighted by Gasteiger charge is -2.21. The van der Waals surface area contributed by atoms with Crippen LogP contribution in [0.1, 0.15) is 26.2 Å². The van der Waals surface area contributed by atoms with E-state index in [4.69, 9.17) is 0 Å². The Labute approximate surface area is 98.2 Å². The number of ketones is 1. The van der Waals surface area contributed by atoms with E-state index in [-0.39, 0.29) is 6.04 Å². The first-order valence-electron chi connectivity index (χ1n) is 6.10. The summed E-state index contributed by atoms with van der Waals surface area (Å²) in [5.41, 5.74) is 2.78. The second-order valence-electron chi connectivity index (χ2n) is 4.14. The summed E-state index contributed by atoms with van der Waals surface area (Å²) in [7, 11) is 0. The first kappa shape index (κ1) is 13.2. The van der Waals surface area contributed by atoms with Crippen LogP contribution in [0.25, 0.3) is 0 Å². The highest BCUT2D eigenvalue weighted by atomic mass is 16.1. The van der Waals surface area contributed by atoms with E-state index in [2.05, 4.69) is 29.5 Å². The van der Waals surface area contributed by atoms with E-state index in [9.17, 15) is 4.79 Å². The molecule has 1 N–H and O–H groups in total. The maximum atomic E-state index is 11.4. The Morgan fingerprint density at radius 1 is 1.62 bits per heavy atom. The van der Waals surface area contributed by atoms with Crippen molar-refractivity contribution in [1.82, 2.24) is 10.2 Å². The lowest BCUT2D eigenvalue weighted by molar-refractivity contribution is -0.118. The van der Waals surface area contributed by atoms with Gasteiger partial charge in [0.1, 0.15) is 0 Å². The zero-order valence-electron chi connectivity index (χ0n) is 10.2. The Hall–Kier alpha value is -0.890. The van der Waals surface area contributed by atoms with Crippen molar-refractivity contribution in [3.63, 3.8) is 0 Å². The number of nitrogens with one attached hydrogen (secondary N) is 1. The Morgan fingerprint density at radius 3 is 3.00 bits per heavy atom. The first-order chi connectivity index (χ1) is 7.77. The Kier molecular flexibility index (Phi) is 6.09. The van der Waals surface area contributed by atoms with Crippen LogP contribution in [0.2, 0.25) is 0 Å². The van der Waals surface area contributed by atoms with Crippen molar-refractivity contribution < 1.29 is 4.79 Å². The standard InChI is InChI=1S/C13H22N2O/c1-3-5-6-10-15(4-2)11-8-12-13(16)7-9-14-12/h5,12,14H,1,4,6-11H2,2H3. The third kappa shape index (κ3) is 4.31. The molecule has 0 amide bonds. The molecule has 1 unspecified atom stereocenters. The van der Waals surface area contributed by atoms with Crippen LogP contribution < -0.4 is 5.32 Å². The van der Waals surface area contributed by atoms with Gasteiger partial charge >= 0.3 is 0 Å². The topological polar surface area (TPSA) is 32.3 Å². The monoisotopic (exact) mass is 222 g/mol. The second-order valence-corrected chi connectivity index (χ2v) is 4.14. The molecule has 0 saturated carbocycles. The van der Waals surface area contributed by atoms with Crippen LogP contribution in [0.4, 0.5) is 0 Å². The second kappa shape index (κ2) is 7.39. The van der Waals surface area contributed by atoms with E-state index in [0.717, 1.165) is 39.0 Å². The van der Waals surface area contributed by atoms with E-state index in [1.807, 2.05) is 6.08 Å². The van der Waals surface area contributed by atoms with E-state index in [1.54, 1.807) is 0 Å². The summed E-state index contributed by atoms with van der Waals surface area (Å²) < 4.78 is 0. The summed E-state index contributed by atoms with van der Waals surface area (Å²) in [5, 5.41) is 3.25. The van der Waals surface area contributed by atoms with Crippen molar-refractivity contribution >= 4 is 5.78 Å². The molecule has 1 aliphatic rings. The average molecular weight is 222 g/mol. The minimum atomic E-state index is 0.101. The SMILES string of the molecule is C=C=CCCN(CC)CCC1NCCC1=O. The van der Waals surface area contributed by atoms with E-state index >= 15 is 0 Å². The van der Waals surface area contributed by atoms with Gasteiger partial charge in [-0.2, -0.15) is 0 Å². The first-order valence-corrected chi connectivity index (χ1v) is 6.10. The molecule has 3 nitrogen and oxygen atoms in total. The fourth-order valence-corrected chi connectivity index (χ4v) is 2.01. The molecule has 0 aromatic heterocycles. The molecule has 0 radical (unpaired) electrons. The Balaban J connectivity index is 2.22. The van der Waals surface area contributed by atoms with Gasteiger partial charge in [-0.1, -0.05) is 13.5 Å². The molecule has 1 rings (SSSR count). The minimum absolute atomic E-state index is 0.101. The molecule has 0 aromatic rings. The van der Waals surface area contributed by atoms with Crippen LogP contribution in [-0.4, -0.2) is 42.9 Å². The number of hydrogen-bond acceptors (Lipinski definition) is 3. The molecule has 0 aromatic carbocycles. The predicted octanol–water partition coefficient (Wildman–Crippen LogP) is 1.36. The fraction of sp³-hybridized carbons (Fsp3) is 0.692. The smallest absolute Gasteiger partial charge is 0.151 e. The van der Waals surface area contributed by atoms with Gasteiger partial charge in [-0.05, 0) is 25.5 Å². The summed E-state index contributed by atoms with van der Waals surface area (Å²) in [4.78, 5) is 13.8. The molecular weight excluding hydrogens is 200 g/mol. The zero-order valence-corrected chi connectivity index (χ0v) is 10.2. The number of hydrogen-bond donors (Lipinski definition) is 1. The average Bonchev–Trinajstić information content (AvgIpc) is 2.69. The summed E-state index contributed by atoms with van der Waals surface area (Å²) >= 11 is 0. The fourth-order valence-electron chi connectivity index (χ4n) is 2.01. The molecule has 1 saturated heterocycles. The number of nitrogens with zero attached hydrogens (tertiary/aromatic N) is 1. The zero-order chi connectivity index (χ0) is 11.8. The number of rotatable bonds is 7. The molecular formula is C13H22N2O. The maximum absolute atomic E-state index is 11.4. The van der Waals surface area contributed by atoms with E-state index < -0.39 is 0 Å². The van der Waals surface area contributed by atoms with Crippen molar-refractivity contribution in [1.29, 1.82) is 0 Å². The summed E-state index contributed by atoms with van der Waals surface area (Å²) in [5.74, 6) is 0.377. The van der Waals surface area contributed by atoms with Crippen molar-refractivity contribution in [2.45, 2.75) is 32.2 Å². The molecule has 90 valence electrons. The number of carbonyl (C=O) groups is 1. The van der Waals surface area contributed by atoms with Gasteiger partial charge < -0.3 is 10.2 Å². The van der Waals surface area contributed by atoms with Crippen LogP contribution in [-0.2, 0) is 4.79 Å². The van der Waals surface area contributed by atoms with Crippen molar-refractivity contribution in [2.75, 3.05) is 26.2 Å². The summed E-state index contributed by atoms with van der Waals surface area (Å²) in [6.45, 7) is 9.61. The van der Waals surface area contributed by atoms with E-state index in [1.165, 1.54) is 0 Å². The molecule has 1 atom stereocenters. The van der Waals surface area contributed by atoms with Gasteiger partial charge in [0, 0.05) is 26.1 Å². The normalized spacial score (nSPS) is 20.1. The highest BCUT2D eigenvalue weighted by molar-refractivity contribution is 5.86. The van der Waals surface area contributed by atoms with Crippen molar-refractivity contribution in [3.8, 4) is 0 Å². The quantitative estimate of drug-likeness (QED) is 0.660. The van der Waals surface area contributed by atoms with Crippen LogP contribution >= 0.6 is 0 Å². The number of carbonyl (C=O) groups excluding carboxylic acids is 1. The molecule has 0 spiro atoms. The Bertz CT molecular complexity index is 269. The molecule has 0 bridgehead atoms. The van der Waals surface area contributed by atoms with Gasteiger partial charge in [0.15, 0.2) is 5.78 Å². The molecule has 3 heteroatoms. The van der Waals surface area contributed by atoms with Gasteiger partial charge in [0.2, 0.25) is 0 Å². The van der Waals surface area contributed by atoms with Crippen LogP contribution in [0.5, 0.6) is 0 Å². The largest absolute Gasteiger partial charge is 0.307 e.